The molecule has 0 atom stereocenters. The van der Waals surface area contributed by atoms with Crippen molar-refractivity contribution >= 4 is 108 Å². The fraction of sp³-hybridized carbons (Fsp3) is 0. The van der Waals surface area contributed by atoms with Crippen LogP contribution >= 0.6 is 0 Å². The Balaban J connectivity index is 1.13. The normalized spacial score (nSPS) is 13.8. The molecule has 10 aromatic carbocycles. The zero-order valence-corrected chi connectivity index (χ0v) is 38.2. The number of fused-ring (bicyclic) bond motifs is 14. The predicted molar refractivity (Wildman–Crippen MR) is 259 cm³/mol. The Morgan fingerprint density at radius 2 is 0.729 bits per heavy atom. The fourth-order valence-corrected chi connectivity index (χ4v) is 20.4. The summed E-state index contributed by atoms with van der Waals surface area (Å²) in [5, 5.41) is 10.6. The van der Waals surface area contributed by atoms with Gasteiger partial charge in [-0.3, -0.25) is 0 Å². The SMILES string of the molecule is c1ccc2[c](c1)[GeH2][c]1c-2cccc1-c1cccc2c(-c3ccc4c5ccccc5n5c6ccccc6c3c45)c3cccc(-c4cccc5[c]4[GeH2][c]4ccccc4-5)c3cc12. The van der Waals surface area contributed by atoms with Gasteiger partial charge in [0.2, 0.25) is 0 Å². The first-order chi connectivity index (χ1) is 29.3. The average molecular weight is 867 g/mol. The summed E-state index contributed by atoms with van der Waals surface area (Å²) in [5.41, 5.74) is 17.9. The molecule has 2 aliphatic rings. The Bertz CT molecular complexity index is 3640. The van der Waals surface area contributed by atoms with Gasteiger partial charge in [0.15, 0.2) is 0 Å². The van der Waals surface area contributed by atoms with E-state index in [9.17, 15) is 0 Å². The number of rotatable bonds is 3. The molecule has 272 valence electrons. The van der Waals surface area contributed by atoms with Gasteiger partial charge in [0.1, 0.15) is 0 Å². The summed E-state index contributed by atoms with van der Waals surface area (Å²) in [7, 11) is 0. The van der Waals surface area contributed by atoms with Crippen LogP contribution in [0.4, 0.5) is 0 Å². The number of aromatic nitrogens is 1. The minimum absolute atomic E-state index is 1.21. The molecule has 0 fully saturated rings. The van der Waals surface area contributed by atoms with Crippen LogP contribution in [-0.4, -0.2) is 35.3 Å². The van der Waals surface area contributed by atoms with Crippen LogP contribution in [0.25, 0.3) is 115 Å². The first-order valence-electron chi connectivity index (χ1n) is 20.9. The van der Waals surface area contributed by atoms with Crippen LogP contribution in [-0.2, 0) is 0 Å². The fourth-order valence-electron chi connectivity index (χ4n) is 11.4. The van der Waals surface area contributed by atoms with Gasteiger partial charge >= 0.3 is 344 Å². The molecule has 3 heteroatoms. The van der Waals surface area contributed by atoms with Crippen molar-refractivity contribution < 1.29 is 0 Å². The first-order valence-corrected chi connectivity index (χ1v) is 26.8. The van der Waals surface area contributed by atoms with Crippen LogP contribution in [0, 0.1) is 0 Å². The predicted octanol–water partition coefficient (Wildman–Crippen LogP) is 10.3. The third kappa shape index (κ3) is 4.36. The van der Waals surface area contributed by atoms with Crippen molar-refractivity contribution in [3.63, 3.8) is 0 Å². The molecule has 12 aromatic rings. The van der Waals surface area contributed by atoms with Crippen molar-refractivity contribution in [3.8, 4) is 55.6 Å². The van der Waals surface area contributed by atoms with E-state index in [0.717, 1.165) is 0 Å². The van der Waals surface area contributed by atoms with Gasteiger partial charge in [-0.05, 0) is 0 Å². The maximum atomic E-state index is 2.57. The third-order valence-electron chi connectivity index (χ3n) is 13.8. The maximum absolute atomic E-state index is 2.57. The number of hydrogen-bond acceptors (Lipinski definition) is 0. The Kier molecular flexibility index (Phi) is 6.66. The van der Waals surface area contributed by atoms with E-state index in [0.29, 0.717) is 0 Å². The molecular formula is C56H35Ge2N. The van der Waals surface area contributed by atoms with Crippen LogP contribution < -0.4 is 17.6 Å². The number of hydrogen-bond donors (Lipinski definition) is 0. The van der Waals surface area contributed by atoms with Crippen molar-refractivity contribution in [3.05, 3.63) is 188 Å². The van der Waals surface area contributed by atoms with E-state index in [-0.39, 0.29) is 0 Å². The summed E-state index contributed by atoms with van der Waals surface area (Å²) >= 11 is -2.42. The second-order valence-corrected chi connectivity index (χ2v) is 24.3. The molecule has 0 N–H and O–H groups in total. The minimum atomic E-state index is -1.21. The van der Waals surface area contributed by atoms with E-state index in [1.807, 2.05) is 0 Å². The summed E-state index contributed by atoms with van der Waals surface area (Å²) < 4.78 is 8.97. The zero-order chi connectivity index (χ0) is 38.3. The quantitative estimate of drug-likeness (QED) is 0.123. The van der Waals surface area contributed by atoms with Gasteiger partial charge in [-0.1, -0.05) is 12.1 Å². The molecule has 0 amide bonds. The molecule has 0 saturated heterocycles. The van der Waals surface area contributed by atoms with Crippen LogP contribution in [0.2, 0.25) is 0 Å². The van der Waals surface area contributed by atoms with Gasteiger partial charge < -0.3 is 0 Å². The molecule has 0 saturated carbocycles. The Morgan fingerprint density at radius 3 is 1.34 bits per heavy atom. The Hall–Kier alpha value is -6.39. The van der Waals surface area contributed by atoms with Crippen molar-refractivity contribution in [1.82, 2.24) is 4.40 Å². The monoisotopic (exact) mass is 869 g/mol. The van der Waals surface area contributed by atoms with Crippen LogP contribution in [0.5, 0.6) is 0 Å². The standard InChI is InChI=1S/C56H35Ge2N/c1-5-25-48-34(13-1)41-23-11-21-39(54(41)57-48)32-17-9-19-37-46(32)31-47-33(40-22-12-24-42-35-14-2-6-26-49(35)58-55(40)42)18-10-20-38(47)52(37)45-30-29-43-36-15-3-7-27-50(36)59-51-28-8-4-16-44(51)53(45)56(43)59/h1-31H,57-58H2. The zero-order valence-electron chi connectivity index (χ0n) is 32.3. The first kappa shape index (κ1) is 32.5. The van der Waals surface area contributed by atoms with E-state index in [1.54, 1.807) is 17.6 Å². The van der Waals surface area contributed by atoms with E-state index in [1.165, 1.54) is 115 Å². The van der Waals surface area contributed by atoms with E-state index in [4.69, 9.17) is 0 Å². The molecular weight excluding hydrogens is 832 g/mol. The van der Waals surface area contributed by atoms with Gasteiger partial charge in [-0.2, -0.15) is 0 Å². The van der Waals surface area contributed by atoms with Crippen molar-refractivity contribution in [1.29, 1.82) is 0 Å². The second-order valence-electron chi connectivity index (χ2n) is 16.6. The molecule has 1 nitrogen and oxygen atoms in total. The number of nitrogens with zero attached hydrogens (tertiary/aromatic N) is 1. The molecule has 2 aliphatic heterocycles. The van der Waals surface area contributed by atoms with Gasteiger partial charge in [0.05, 0.1) is 0 Å². The average Bonchev–Trinajstić information content (AvgIpc) is 4.05. The second kappa shape index (κ2) is 12.1. The van der Waals surface area contributed by atoms with Gasteiger partial charge in [0.25, 0.3) is 0 Å². The Morgan fingerprint density at radius 1 is 0.288 bits per heavy atom. The molecule has 0 bridgehead atoms. The molecule has 0 unspecified atom stereocenters. The van der Waals surface area contributed by atoms with Crippen molar-refractivity contribution in [2.75, 3.05) is 0 Å². The molecule has 0 radical (unpaired) electrons. The summed E-state index contributed by atoms with van der Waals surface area (Å²) in [6.07, 6.45) is 0. The molecule has 0 spiro atoms. The van der Waals surface area contributed by atoms with Crippen molar-refractivity contribution in [2.24, 2.45) is 0 Å². The molecule has 14 rings (SSSR count). The van der Waals surface area contributed by atoms with Gasteiger partial charge in [-0.25, -0.2) is 0 Å². The Labute approximate surface area is 353 Å². The summed E-state index contributed by atoms with van der Waals surface area (Å²) in [6, 6.07) is 72.2. The van der Waals surface area contributed by atoms with E-state index < -0.39 is 30.9 Å². The summed E-state index contributed by atoms with van der Waals surface area (Å²) in [6.45, 7) is 0. The number of para-hydroxylation sites is 2. The summed E-state index contributed by atoms with van der Waals surface area (Å²) in [5.74, 6) is 0. The number of benzene rings is 10. The topological polar surface area (TPSA) is 4.41 Å². The van der Waals surface area contributed by atoms with E-state index in [2.05, 4.69) is 192 Å². The van der Waals surface area contributed by atoms with Crippen LogP contribution in [0.3, 0.4) is 0 Å². The molecule has 4 heterocycles. The van der Waals surface area contributed by atoms with Crippen LogP contribution in [0.1, 0.15) is 0 Å². The molecule has 59 heavy (non-hydrogen) atoms. The van der Waals surface area contributed by atoms with Crippen LogP contribution in [0.15, 0.2) is 188 Å². The van der Waals surface area contributed by atoms with Gasteiger partial charge in [-0.15, -0.1) is 0 Å². The molecule has 0 aliphatic carbocycles. The van der Waals surface area contributed by atoms with Gasteiger partial charge in [0, 0.05) is 0 Å². The van der Waals surface area contributed by atoms with Crippen molar-refractivity contribution in [2.45, 2.75) is 0 Å². The molecule has 2 aromatic heterocycles. The third-order valence-corrected chi connectivity index (χ3v) is 22.7. The summed E-state index contributed by atoms with van der Waals surface area (Å²) in [4.78, 5) is 0. The van der Waals surface area contributed by atoms with E-state index >= 15 is 0 Å².